The van der Waals surface area contributed by atoms with Gasteiger partial charge in [-0.15, -0.1) is 0 Å². The monoisotopic (exact) mass is 368 g/mol. The van der Waals surface area contributed by atoms with Crippen LogP contribution in [0.2, 0.25) is 0 Å². The van der Waals surface area contributed by atoms with Gasteiger partial charge in [0.1, 0.15) is 5.65 Å². The van der Waals surface area contributed by atoms with Gasteiger partial charge in [-0.25, -0.2) is 4.98 Å². The van der Waals surface area contributed by atoms with Gasteiger partial charge in [0, 0.05) is 21.5 Å². The second kappa shape index (κ2) is 5.33. The molecule has 0 N–H and O–H groups in total. The Morgan fingerprint density at radius 1 is 0.448 bits per heavy atom. The first-order valence-electron chi connectivity index (χ1n) is 9.93. The first-order chi connectivity index (χ1) is 14.4. The molecule has 7 aromatic rings. The standard InChI is InChI=1S/C27H16N2/c1-4-13-21-17(9-1)18-10-2-5-14-22(18)26-25(21)28-27-23-15-6-3-11-19(23)20-12-7-8-16-24(20)29(26)27/h1-16H. The Labute approximate surface area is 166 Å². The number of fused-ring (bicyclic) bond motifs is 13. The highest BCUT2D eigenvalue weighted by Crippen LogP contribution is 2.38. The Kier molecular flexibility index (Phi) is 2.77. The van der Waals surface area contributed by atoms with E-state index in [1.165, 1.54) is 48.7 Å². The number of para-hydroxylation sites is 1. The van der Waals surface area contributed by atoms with Crippen LogP contribution >= 0.6 is 0 Å². The van der Waals surface area contributed by atoms with Crippen molar-refractivity contribution in [3.63, 3.8) is 0 Å². The average molecular weight is 368 g/mol. The molecule has 0 saturated heterocycles. The lowest BCUT2D eigenvalue weighted by Gasteiger charge is -2.10. The molecule has 0 spiro atoms. The van der Waals surface area contributed by atoms with Gasteiger partial charge in [0.25, 0.3) is 0 Å². The molecule has 0 aliphatic heterocycles. The molecule has 134 valence electrons. The largest absolute Gasteiger partial charge is 0.291 e. The van der Waals surface area contributed by atoms with Crippen molar-refractivity contribution in [2.24, 2.45) is 0 Å². The summed E-state index contributed by atoms with van der Waals surface area (Å²) in [5.74, 6) is 0. The summed E-state index contributed by atoms with van der Waals surface area (Å²) in [6.07, 6.45) is 0. The molecule has 0 aliphatic rings. The molecule has 0 radical (unpaired) electrons. The molecule has 5 aromatic carbocycles. The maximum Gasteiger partial charge on any atom is 0.146 e. The zero-order valence-electron chi connectivity index (χ0n) is 15.6. The van der Waals surface area contributed by atoms with Gasteiger partial charge < -0.3 is 0 Å². The van der Waals surface area contributed by atoms with Gasteiger partial charge in [0.05, 0.1) is 16.6 Å². The second-order valence-electron chi connectivity index (χ2n) is 7.62. The highest BCUT2D eigenvalue weighted by molar-refractivity contribution is 6.26. The first-order valence-corrected chi connectivity index (χ1v) is 9.93. The van der Waals surface area contributed by atoms with E-state index >= 15 is 0 Å². The van der Waals surface area contributed by atoms with Crippen molar-refractivity contribution in [2.75, 3.05) is 0 Å². The SMILES string of the molecule is c1ccc2c(c1)c1ccccc1c1c2nc2c3ccccc3c3ccccc3n21. The van der Waals surface area contributed by atoms with Crippen molar-refractivity contribution in [1.29, 1.82) is 0 Å². The van der Waals surface area contributed by atoms with Gasteiger partial charge >= 0.3 is 0 Å². The van der Waals surface area contributed by atoms with E-state index in [1.807, 2.05) is 0 Å². The lowest BCUT2D eigenvalue weighted by molar-refractivity contribution is 1.32. The number of imidazole rings is 1. The lowest BCUT2D eigenvalue weighted by Crippen LogP contribution is -1.92. The molecule has 0 saturated carbocycles. The van der Waals surface area contributed by atoms with E-state index < -0.39 is 0 Å². The number of hydrogen-bond acceptors (Lipinski definition) is 1. The Balaban J connectivity index is 1.94. The molecule has 0 atom stereocenters. The van der Waals surface area contributed by atoms with Gasteiger partial charge in [-0.3, -0.25) is 4.40 Å². The van der Waals surface area contributed by atoms with Crippen LogP contribution in [0.4, 0.5) is 0 Å². The van der Waals surface area contributed by atoms with Gasteiger partial charge in [-0.1, -0.05) is 91.0 Å². The van der Waals surface area contributed by atoms with Gasteiger partial charge in [0.2, 0.25) is 0 Å². The van der Waals surface area contributed by atoms with Gasteiger partial charge in [-0.05, 0) is 22.2 Å². The number of aromatic nitrogens is 2. The van der Waals surface area contributed by atoms with Crippen molar-refractivity contribution < 1.29 is 0 Å². The molecule has 2 heteroatoms. The molecule has 2 heterocycles. The maximum atomic E-state index is 5.23. The summed E-state index contributed by atoms with van der Waals surface area (Å²) in [6, 6.07) is 34.6. The third kappa shape index (κ3) is 1.83. The summed E-state index contributed by atoms with van der Waals surface area (Å²) >= 11 is 0. The number of nitrogens with zero attached hydrogens (tertiary/aromatic N) is 2. The maximum absolute atomic E-state index is 5.23. The van der Waals surface area contributed by atoms with E-state index in [-0.39, 0.29) is 0 Å². The third-order valence-corrected chi connectivity index (χ3v) is 6.14. The van der Waals surface area contributed by atoms with E-state index in [4.69, 9.17) is 4.98 Å². The number of benzene rings is 5. The zero-order valence-corrected chi connectivity index (χ0v) is 15.6. The third-order valence-electron chi connectivity index (χ3n) is 6.14. The van der Waals surface area contributed by atoms with E-state index in [0.29, 0.717) is 0 Å². The Hall–Kier alpha value is -3.91. The van der Waals surface area contributed by atoms with Crippen LogP contribution in [0.5, 0.6) is 0 Å². The lowest BCUT2D eigenvalue weighted by atomic mass is 10.00. The predicted octanol–water partition coefficient (Wildman–Crippen LogP) is 7.10. The number of rotatable bonds is 0. The topological polar surface area (TPSA) is 17.3 Å². The first kappa shape index (κ1) is 15.1. The van der Waals surface area contributed by atoms with Gasteiger partial charge in [0.15, 0.2) is 0 Å². The quantitative estimate of drug-likeness (QED) is 0.261. The number of hydrogen-bond donors (Lipinski definition) is 0. The molecular weight excluding hydrogens is 352 g/mol. The van der Waals surface area contributed by atoms with Crippen LogP contribution in [-0.4, -0.2) is 9.38 Å². The summed E-state index contributed by atoms with van der Waals surface area (Å²) < 4.78 is 2.36. The molecule has 0 amide bonds. The van der Waals surface area contributed by atoms with Crippen LogP contribution in [0.1, 0.15) is 0 Å². The molecule has 2 aromatic heterocycles. The zero-order chi connectivity index (χ0) is 18.9. The summed E-state index contributed by atoms with van der Waals surface area (Å²) in [4.78, 5) is 5.23. The highest BCUT2D eigenvalue weighted by atomic mass is 15.0. The van der Waals surface area contributed by atoms with Crippen LogP contribution in [0, 0.1) is 0 Å². The Bertz CT molecular complexity index is 1630. The number of pyridine rings is 1. The molecule has 0 unspecified atom stereocenters. The fourth-order valence-electron chi connectivity index (χ4n) is 4.93. The van der Waals surface area contributed by atoms with E-state index in [1.54, 1.807) is 0 Å². The summed E-state index contributed by atoms with van der Waals surface area (Å²) in [5.41, 5.74) is 4.48. The van der Waals surface area contributed by atoms with E-state index in [9.17, 15) is 0 Å². The fraction of sp³-hybridized carbons (Fsp3) is 0. The molecule has 7 rings (SSSR count). The highest BCUT2D eigenvalue weighted by Gasteiger charge is 2.17. The molecular formula is C27H16N2. The van der Waals surface area contributed by atoms with Crippen molar-refractivity contribution in [1.82, 2.24) is 9.38 Å². The van der Waals surface area contributed by atoms with Crippen molar-refractivity contribution in [2.45, 2.75) is 0 Å². The van der Waals surface area contributed by atoms with Gasteiger partial charge in [-0.2, -0.15) is 0 Å². The molecule has 0 aliphatic carbocycles. The van der Waals surface area contributed by atoms with Crippen LogP contribution in [0.25, 0.3) is 59.9 Å². The Morgan fingerprint density at radius 2 is 0.931 bits per heavy atom. The molecule has 2 nitrogen and oxygen atoms in total. The smallest absolute Gasteiger partial charge is 0.146 e. The van der Waals surface area contributed by atoms with Crippen LogP contribution in [0.3, 0.4) is 0 Å². The normalized spacial score (nSPS) is 12.1. The molecule has 0 bridgehead atoms. The van der Waals surface area contributed by atoms with Crippen LogP contribution in [-0.2, 0) is 0 Å². The van der Waals surface area contributed by atoms with Crippen molar-refractivity contribution in [3.05, 3.63) is 97.1 Å². The molecule has 0 fully saturated rings. The van der Waals surface area contributed by atoms with E-state index in [0.717, 1.165) is 11.2 Å². The van der Waals surface area contributed by atoms with E-state index in [2.05, 4.69) is 101 Å². The van der Waals surface area contributed by atoms with Crippen molar-refractivity contribution in [3.8, 4) is 0 Å². The minimum absolute atomic E-state index is 1.02. The van der Waals surface area contributed by atoms with Crippen LogP contribution < -0.4 is 0 Å². The summed E-state index contributed by atoms with van der Waals surface area (Å²) in [6.45, 7) is 0. The second-order valence-corrected chi connectivity index (χ2v) is 7.62. The van der Waals surface area contributed by atoms with Crippen molar-refractivity contribution >= 4 is 59.9 Å². The predicted molar refractivity (Wildman–Crippen MR) is 123 cm³/mol. The summed E-state index contributed by atoms with van der Waals surface area (Å²) in [5, 5.41) is 8.68. The fourth-order valence-corrected chi connectivity index (χ4v) is 4.93. The average Bonchev–Trinajstić information content (AvgIpc) is 3.21. The minimum atomic E-state index is 1.02. The summed E-state index contributed by atoms with van der Waals surface area (Å²) in [7, 11) is 0. The van der Waals surface area contributed by atoms with Crippen LogP contribution in [0.15, 0.2) is 97.1 Å². The molecule has 29 heavy (non-hydrogen) atoms. The minimum Gasteiger partial charge on any atom is -0.291 e. The Morgan fingerprint density at radius 3 is 1.66 bits per heavy atom.